The number of urea groups is 1. The average molecular weight is 276 g/mol. The number of phenols is 1. The van der Waals surface area contributed by atoms with Gasteiger partial charge in [0.2, 0.25) is 0 Å². The van der Waals surface area contributed by atoms with Crippen LogP contribution in [0.1, 0.15) is 26.2 Å². The van der Waals surface area contributed by atoms with E-state index in [9.17, 15) is 4.79 Å². The van der Waals surface area contributed by atoms with Crippen LogP contribution in [0.3, 0.4) is 0 Å². The molecule has 20 heavy (non-hydrogen) atoms. The predicted molar refractivity (Wildman–Crippen MR) is 77.9 cm³/mol. The molecular formula is C14H20N4O2. The minimum absolute atomic E-state index is 0.163. The molecule has 0 fully saturated rings. The number of hydrogen-bond donors (Lipinski definition) is 4. The number of amides is 2. The second-order valence-electron chi connectivity index (χ2n) is 4.28. The van der Waals surface area contributed by atoms with E-state index in [0.717, 1.165) is 25.0 Å². The molecule has 0 aromatic heterocycles. The van der Waals surface area contributed by atoms with Crippen LogP contribution in [0.2, 0.25) is 0 Å². The molecule has 4 N–H and O–H groups in total. The number of nitrogens with one attached hydrogen (secondary N) is 3. The number of aromatic hydroxyl groups is 1. The molecule has 2 amide bonds. The Balaban J connectivity index is 2.17. The number of hydrogen-bond acceptors (Lipinski definition) is 4. The van der Waals surface area contributed by atoms with Crippen LogP contribution in [-0.4, -0.2) is 17.7 Å². The average Bonchev–Trinajstić information content (AvgIpc) is 2.45. The maximum absolute atomic E-state index is 11.6. The minimum Gasteiger partial charge on any atom is -0.508 e. The van der Waals surface area contributed by atoms with Gasteiger partial charge in [-0.15, -0.1) is 0 Å². The summed E-state index contributed by atoms with van der Waals surface area (Å²) in [6, 6.07) is 6.01. The Labute approximate surface area is 118 Å². The van der Waals surface area contributed by atoms with Gasteiger partial charge in [-0.1, -0.05) is 6.08 Å². The van der Waals surface area contributed by atoms with Crippen LogP contribution in [0.25, 0.3) is 0 Å². The van der Waals surface area contributed by atoms with Crippen LogP contribution in [0.15, 0.2) is 41.2 Å². The first-order valence-electron chi connectivity index (χ1n) is 6.52. The zero-order chi connectivity index (χ0) is 14.8. The number of rotatable bonds is 7. The van der Waals surface area contributed by atoms with Gasteiger partial charge in [-0.05, 0) is 50.5 Å². The summed E-state index contributed by atoms with van der Waals surface area (Å²) in [7, 11) is 0. The molecule has 0 aliphatic rings. The summed E-state index contributed by atoms with van der Waals surface area (Å²) < 4.78 is 0. The first kappa shape index (κ1) is 15.7. The molecule has 0 bridgehead atoms. The molecule has 0 saturated heterocycles. The molecule has 1 rings (SSSR count). The van der Waals surface area contributed by atoms with E-state index in [2.05, 4.69) is 15.7 Å². The van der Waals surface area contributed by atoms with E-state index in [4.69, 9.17) is 10.6 Å². The Bertz CT molecular complexity index is 469. The lowest BCUT2D eigenvalue weighted by atomic mass is 10.2. The van der Waals surface area contributed by atoms with Gasteiger partial charge in [-0.2, -0.15) is 5.11 Å². The number of carbonyl (C=O) groups excluding carboxylic acids is 1. The molecule has 0 unspecified atom stereocenters. The van der Waals surface area contributed by atoms with Gasteiger partial charge in [-0.25, -0.2) is 10.3 Å². The number of carbonyl (C=O) groups is 1. The number of benzene rings is 1. The molecule has 0 spiro atoms. The predicted octanol–water partition coefficient (Wildman–Crippen LogP) is 3.62. The highest BCUT2D eigenvalue weighted by Gasteiger charge is 2.01. The van der Waals surface area contributed by atoms with Crippen LogP contribution in [0.4, 0.5) is 10.5 Å². The quantitative estimate of drug-likeness (QED) is 0.347. The van der Waals surface area contributed by atoms with Crippen molar-refractivity contribution >= 4 is 11.7 Å². The fourth-order valence-electron chi connectivity index (χ4n) is 1.62. The van der Waals surface area contributed by atoms with Crippen molar-refractivity contribution in [3.8, 4) is 5.75 Å². The highest BCUT2D eigenvalue weighted by Crippen LogP contribution is 2.13. The Kier molecular flexibility index (Phi) is 6.81. The second-order valence-corrected chi connectivity index (χ2v) is 4.28. The standard InChI is InChI=1S/C14H20N4O2/c1-2-11(18-15)5-3-4-10-16-14(20)17-12-6-8-13(19)9-7-12/h2,6-9,15,19H,3-5,10H2,1H3,(H2,16,17,20)/b11-2-,18-15?. The number of phenolic OH excluding ortho intramolecular Hbond substituents is 1. The Morgan fingerprint density at radius 1 is 1.35 bits per heavy atom. The molecule has 1 aromatic carbocycles. The van der Waals surface area contributed by atoms with Gasteiger partial charge in [0.1, 0.15) is 5.75 Å². The third-order valence-electron chi connectivity index (χ3n) is 2.75. The van der Waals surface area contributed by atoms with Crippen LogP contribution in [0, 0.1) is 5.53 Å². The van der Waals surface area contributed by atoms with Crippen molar-refractivity contribution in [3.05, 3.63) is 36.0 Å². The van der Waals surface area contributed by atoms with E-state index in [1.807, 2.05) is 13.0 Å². The van der Waals surface area contributed by atoms with E-state index in [1.54, 1.807) is 12.1 Å². The Morgan fingerprint density at radius 3 is 2.65 bits per heavy atom. The van der Waals surface area contributed by atoms with Gasteiger partial charge in [0, 0.05) is 12.2 Å². The van der Waals surface area contributed by atoms with E-state index in [1.165, 1.54) is 12.1 Å². The van der Waals surface area contributed by atoms with Crippen molar-refractivity contribution in [1.29, 1.82) is 5.53 Å². The van der Waals surface area contributed by atoms with Crippen molar-refractivity contribution in [2.24, 2.45) is 5.11 Å². The smallest absolute Gasteiger partial charge is 0.319 e. The van der Waals surface area contributed by atoms with E-state index in [-0.39, 0.29) is 11.8 Å². The SMILES string of the molecule is C/C=C(/CCCCNC(=O)Nc1ccc(O)cc1)N=N. The molecule has 0 aliphatic heterocycles. The molecule has 0 aliphatic carbocycles. The van der Waals surface area contributed by atoms with Gasteiger partial charge in [0.05, 0.1) is 5.70 Å². The second kappa shape index (κ2) is 8.68. The lowest BCUT2D eigenvalue weighted by Crippen LogP contribution is -2.29. The normalized spacial score (nSPS) is 10.9. The summed E-state index contributed by atoms with van der Waals surface area (Å²) in [5, 5.41) is 17.9. The Morgan fingerprint density at radius 2 is 2.05 bits per heavy atom. The zero-order valence-corrected chi connectivity index (χ0v) is 11.5. The third-order valence-corrected chi connectivity index (χ3v) is 2.75. The molecule has 6 nitrogen and oxygen atoms in total. The maximum Gasteiger partial charge on any atom is 0.319 e. The van der Waals surface area contributed by atoms with Gasteiger partial charge in [0.25, 0.3) is 0 Å². The van der Waals surface area contributed by atoms with E-state index >= 15 is 0 Å². The molecule has 0 saturated carbocycles. The molecule has 1 aromatic rings. The molecule has 0 heterocycles. The molecule has 0 atom stereocenters. The number of allylic oxidation sites excluding steroid dienone is 2. The third kappa shape index (κ3) is 5.99. The summed E-state index contributed by atoms with van der Waals surface area (Å²) in [6.45, 7) is 2.43. The topological polar surface area (TPSA) is 97.6 Å². The highest BCUT2D eigenvalue weighted by molar-refractivity contribution is 5.89. The summed E-state index contributed by atoms with van der Waals surface area (Å²) in [4.78, 5) is 11.6. The van der Waals surface area contributed by atoms with Crippen molar-refractivity contribution in [1.82, 2.24) is 5.32 Å². The largest absolute Gasteiger partial charge is 0.508 e. The number of unbranched alkanes of at least 4 members (excludes halogenated alkanes) is 1. The fraction of sp³-hybridized carbons (Fsp3) is 0.357. The Hall–Kier alpha value is -2.37. The van der Waals surface area contributed by atoms with Crippen molar-refractivity contribution < 1.29 is 9.90 Å². The first-order valence-corrected chi connectivity index (χ1v) is 6.52. The number of nitrogens with zero attached hydrogens (tertiary/aromatic N) is 1. The number of anilines is 1. The van der Waals surface area contributed by atoms with E-state index in [0.29, 0.717) is 12.2 Å². The van der Waals surface area contributed by atoms with Gasteiger partial charge < -0.3 is 15.7 Å². The molecular weight excluding hydrogens is 256 g/mol. The van der Waals surface area contributed by atoms with Gasteiger partial charge in [-0.3, -0.25) is 0 Å². The van der Waals surface area contributed by atoms with Crippen LogP contribution in [0.5, 0.6) is 5.75 Å². The summed E-state index contributed by atoms with van der Waals surface area (Å²) in [6.07, 6.45) is 4.27. The molecule has 6 heteroatoms. The maximum atomic E-state index is 11.6. The summed E-state index contributed by atoms with van der Waals surface area (Å²) in [5.74, 6) is 0.163. The monoisotopic (exact) mass is 276 g/mol. The summed E-state index contributed by atoms with van der Waals surface area (Å²) >= 11 is 0. The van der Waals surface area contributed by atoms with Crippen molar-refractivity contribution in [2.75, 3.05) is 11.9 Å². The zero-order valence-electron chi connectivity index (χ0n) is 11.5. The lowest BCUT2D eigenvalue weighted by Gasteiger charge is -2.07. The minimum atomic E-state index is -0.271. The van der Waals surface area contributed by atoms with Crippen LogP contribution >= 0.6 is 0 Å². The van der Waals surface area contributed by atoms with Gasteiger partial charge >= 0.3 is 6.03 Å². The first-order chi connectivity index (χ1) is 9.65. The lowest BCUT2D eigenvalue weighted by molar-refractivity contribution is 0.252. The van der Waals surface area contributed by atoms with Crippen molar-refractivity contribution in [2.45, 2.75) is 26.2 Å². The summed E-state index contributed by atoms with van der Waals surface area (Å²) in [5.41, 5.74) is 8.30. The molecule has 108 valence electrons. The molecule has 0 radical (unpaired) electrons. The van der Waals surface area contributed by atoms with Gasteiger partial charge in [0.15, 0.2) is 0 Å². The van der Waals surface area contributed by atoms with E-state index < -0.39 is 0 Å². The van der Waals surface area contributed by atoms with Crippen LogP contribution < -0.4 is 10.6 Å². The fourth-order valence-corrected chi connectivity index (χ4v) is 1.62. The highest BCUT2D eigenvalue weighted by atomic mass is 16.3. The van der Waals surface area contributed by atoms with Crippen molar-refractivity contribution in [3.63, 3.8) is 0 Å². The van der Waals surface area contributed by atoms with Crippen LogP contribution in [-0.2, 0) is 0 Å².